The van der Waals surface area contributed by atoms with Gasteiger partial charge < -0.3 is 19.1 Å². The Morgan fingerprint density at radius 1 is 1.35 bits per heavy atom. The molecule has 1 aliphatic rings. The van der Waals surface area contributed by atoms with Crippen molar-refractivity contribution >= 4 is 11.9 Å². The molecule has 108 valence electrons. The molecule has 6 nitrogen and oxygen atoms in total. The molecule has 2 rings (SSSR count). The minimum absolute atomic E-state index is 0.156. The monoisotopic (exact) mass is 279 g/mol. The molecule has 6 heteroatoms. The van der Waals surface area contributed by atoms with Crippen LogP contribution in [0.3, 0.4) is 0 Å². The van der Waals surface area contributed by atoms with Gasteiger partial charge in [-0.3, -0.25) is 9.59 Å². The van der Waals surface area contributed by atoms with Crippen LogP contribution >= 0.6 is 0 Å². The first-order chi connectivity index (χ1) is 9.61. The molecule has 1 amide bonds. The first kappa shape index (κ1) is 14.2. The molecule has 1 unspecified atom stereocenters. The van der Waals surface area contributed by atoms with Crippen molar-refractivity contribution in [3.63, 3.8) is 0 Å². The molecule has 0 radical (unpaired) electrons. The molecule has 1 aromatic carbocycles. The van der Waals surface area contributed by atoms with Gasteiger partial charge in [-0.1, -0.05) is 12.1 Å². The highest BCUT2D eigenvalue weighted by molar-refractivity contribution is 5.82. The summed E-state index contributed by atoms with van der Waals surface area (Å²) in [4.78, 5) is 24.7. The number of methoxy groups -OCH3 is 1. The smallest absolute Gasteiger partial charge is 0.307 e. The number of esters is 1. The molecular formula is C14H17NO5. The highest BCUT2D eigenvalue weighted by atomic mass is 16.6. The van der Waals surface area contributed by atoms with Crippen molar-refractivity contribution in [3.8, 4) is 11.5 Å². The fourth-order valence-corrected chi connectivity index (χ4v) is 1.86. The van der Waals surface area contributed by atoms with Crippen LogP contribution in [-0.4, -0.2) is 50.2 Å². The van der Waals surface area contributed by atoms with E-state index in [1.165, 1.54) is 12.0 Å². The van der Waals surface area contributed by atoms with Crippen LogP contribution in [0.5, 0.6) is 11.5 Å². The van der Waals surface area contributed by atoms with Crippen LogP contribution in [-0.2, 0) is 14.3 Å². The number of benzene rings is 1. The van der Waals surface area contributed by atoms with Gasteiger partial charge in [-0.05, 0) is 12.1 Å². The number of carbonyl (C=O) groups is 2. The lowest BCUT2D eigenvalue weighted by atomic mass is 10.2. The number of para-hydroxylation sites is 2. The molecule has 0 saturated carbocycles. The molecule has 0 aliphatic carbocycles. The molecule has 1 aromatic rings. The minimum atomic E-state index is -0.687. The van der Waals surface area contributed by atoms with E-state index in [0.29, 0.717) is 11.5 Å². The van der Waals surface area contributed by atoms with Crippen LogP contribution in [0, 0.1) is 0 Å². The number of nitrogens with zero attached hydrogens (tertiary/aromatic N) is 1. The number of amides is 1. The molecule has 1 heterocycles. The standard InChI is InChI=1S/C14H17NO5/c1-15(8-7-13(16)18-2)14(17)12-9-19-10-5-3-4-6-11(10)20-12/h3-6,12H,7-9H2,1-2H3. The van der Waals surface area contributed by atoms with Crippen molar-refractivity contribution in [1.82, 2.24) is 4.90 Å². The Kier molecular flexibility index (Phi) is 4.45. The lowest BCUT2D eigenvalue weighted by molar-refractivity contribution is -0.143. The molecule has 1 atom stereocenters. The average Bonchev–Trinajstić information content (AvgIpc) is 2.50. The predicted octanol–water partition coefficient (Wildman–Crippen LogP) is 0.848. The SMILES string of the molecule is COC(=O)CCN(C)C(=O)C1COc2ccccc2O1. The number of likely N-dealkylation sites (N-methyl/N-ethyl adjacent to an activating group) is 1. The Morgan fingerprint density at radius 3 is 2.75 bits per heavy atom. The second kappa shape index (κ2) is 6.27. The summed E-state index contributed by atoms with van der Waals surface area (Å²) in [5.41, 5.74) is 0. The van der Waals surface area contributed by atoms with Gasteiger partial charge >= 0.3 is 5.97 Å². The van der Waals surface area contributed by atoms with E-state index in [0.717, 1.165) is 0 Å². The third-order valence-corrected chi connectivity index (χ3v) is 3.04. The summed E-state index contributed by atoms with van der Waals surface area (Å²) >= 11 is 0. The van der Waals surface area contributed by atoms with Crippen LogP contribution < -0.4 is 9.47 Å². The fourth-order valence-electron chi connectivity index (χ4n) is 1.86. The average molecular weight is 279 g/mol. The summed E-state index contributed by atoms with van der Waals surface area (Å²) in [6.07, 6.45) is -0.532. The number of ether oxygens (including phenoxy) is 3. The van der Waals surface area contributed by atoms with Crippen molar-refractivity contribution in [1.29, 1.82) is 0 Å². The molecule has 0 fully saturated rings. The van der Waals surface area contributed by atoms with E-state index in [9.17, 15) is 9.59 Å². The van der Waals surface area contributed by atoms with E-state index in [1.807, 2.05) is 12.1 Å². The van der Waals surface area contributed by atoms with Crippen LogP contribution in [0.15, 0.2) is 24.3 Å². The maximum Gasteiger partial charge on any atom is 0.307 e. The number of hydrogen-bond donors (Lipinski definition) is 0. The summed E-state index contributed by atoms with van der Waals surface area (Å²) in [7, 11) is 2.94. The van der Waals surface area contributed by atoms with Gasteiger partial charge in [-0.2, -0.15) is 0 Å². The Bertz CT molecular complexity index is 502. The van der Waals surface area contributed by atoms with Crippen molar-refractivity contribution < 1.29 is 23.8 Å². The first-order valence-corrected chi connectivity index (χ1v) is 6.32. The highest BCUT2D eigenvalue weighted by Crippen LogP contribution is 2.31. The molecule has 0 aromatic heterocycles. The van der Waals surface area contributed by atoms with Gasteiger partial charge in [0.15, 0.2) is 11.5 Å². The normalized spacial score (nSPS) is 16.4. The van der Waals surface area contributed by atoms with Gasteiger partial charge in [0.05, 0.1) is 13.5 Å². The van der Waals surface area contributed by atoms with Crippen LogP contribution in [0.25, 0.3) is 0 Å². The van der Waals surface area contributed by atoms with Gasteiger partial charge in [-0.25, -0.2) is 0 Å². The second-order valence-electron chi connectivity index (χ2n) is 4.45. The largest absolute Gasteiger partial charge is 0.485 e. The van der Waals surface area contributed by atoms with E-state index in [2.05, 4.69) is 4.74 Å². The third-order valence-electron chi connectivity index (χ3n) is 3.04. The van der Waals surface area contributed by atoms with E-state index < -0.39 is 6.10 Å². The summed E-state index contributed by atoms with van der Waals surface area (Å²) in [5.74, 6) is 0.617. The Balaban J connectivity index is 1.92. The van der Waals surface area contributed by atoms with Crippen LogP contribution in [0.1, 0.15) is 6.42 Å². The molecule has 0 saturated heterocycles. The molecule has 20 heavy (non-hydrogen) atoms. The Hall–Kier alpha value is -2.24. The topological polar surface area (TPSA) is 65.1 Å². The lowest BCUT2D eigenvalue weighted by Gasteiger charge is -2.28. The van der Waals surface area contributed by atoms with E-state index in [4.69, 9.17) is 9.47 Å². The van der Waals surface area contributed by atoms with Gasteiger partial charge in [0.2, 0.25) is 6.10 Å². The van der Waals surface area contributed by atoms with E-state index in [-0.39, 0.29) is 31.4 Å². The summed E-state index contributed by atoms with van der Waals surface area (Å²) in [6, 6.07) is 7.20. The fraction of sp³-hybridized carbons (Fsp3) is 0.429. The Morgan fingerprint density at radius 2 is 2.05 bits per heavy atom. The Labute approximate surface area is 117 Å². The van der Waals surface area contributed by atoms with Gasteiger partial charge in [0.1, 0.15) is 6.61 Å². The van der Waals surface area contributed by atoms with Gasteiger partial charge in [0.25, 0.3) is 5.91 Å². The number of hydrogen-bond acceptors (Lipinski definition) is 5. The zero-order valence-corrected chi connectivity index (χ0v) is 11.5. The number of rotatable bonds is 4. The second-order valence-corrected chi connectivity index (χ2v) is 4.45. The van der Waals surface area contributed by atoms with Crippen LogP contribution in [0.2, 0.25) is 0 Å². The molecule has 1 aliphatic heterocycles. The molecular weight excluding hydrogens is 262 g/mol. The predicted molar refractivity (Wildman–Crippen MR) is 70.6 cm³/mol. The maximum absolute atomic E-state index is 12.2. The quantitative estimate of drug-likeness (QED) is 0.764. The molecule has 0 spiro atoms. The van der Waals surface area contributed by atoms with E-state index >= 15 is 0 Å². The van der Waals surface area contributed by atoms with E-state index in [1.54, 1.807) is 19.2 Å². The van der Waals surface area contributed by atoms with Crippen molar-refractivity contribution in [3.05, 3.63) is 24.3 Å². The number of fused-ring (bicyclic) bond motifs is 1. The van der Waals surface area contributed by atoms with Gasteiger partial charge in [0, 0.05) is 13.6 Å². The summed E-state index contributed by atoms with van der Waals surface area (Å²) < 4.78 is 15.6. The minimum Gasteiger partial charge on any atom is -0.485 e. The number of carbonyl (C=O) groups excluding carboxylic acids is 2. The maximum atomic E-state index is 12.2. The molecule has 0 bridgehead atoms. The first-order valence-electron chi connectivity index (χ1n) is 6.32. The zero-order chi connectivity index (χ0) is 14.5. The zero-order valence-electron chi connectivity index (χ0n) is 11.5. The van der Waals surface area contributed by atoms with Crippen LogP contribution in [0.4, 0.5) is 0 Å². The van der Waals surface area contributed by atoms with Crippen molar-refractivity contribution in [2.45, 2.75) is 12.5 Å². The lowest BCUT2D eigenvalue weighted by Crippen LogP contribution is -2.45. The third kappa shape index (κ3) is 3.20. The van der Waals surface area contributed by atoms with Gasteiger partial charge in [-0.15, -0.1) is 0 Å². The van der Waals surface area contributed by atoms with Crippen molar-refractivity contribution in [2.24, 2.45) is 0 Å². The van der Waals surface area contributed by atoms with Crippen molar-refractivity contribution in [2.75, 3.05) is 27.3 Å². The molecule has 0 N–H and O–H groups in total. The highest BCUT2D eigenvalue weighted by Gasteiger charge is 2.29. The summed E-state index contributed by atoms with van der Waals surface area (Å²) in [6.45, 7) is 0.450. The summed E-state index contributed by atoms with van der Waals surface area (Å²) in [5, 5.41) is 0.